The highest BCUT2D eigenvalue weighted by molar-refractivity contribution is 9.10. The molecule has 0 aliphatic rings. The van der Waals surface area contributed by atoms with Gasteiger partial charge in [0.2, 0.25) is 5.91 Å². The zero-order valence-electron chi connectivity index (χ0n) is 19.5. The van der Waals surface area contributed by atoms with E-state index in [-0.39, 0.29) is 25.0 Å². The van der Waals surface area contributed by atoms with E-state index in [1.165, 1.54) is 0 Å². The van der Waals surface area contributed by atoms with Gasteiger partial charge in [0.1, 0.15) is 11.8 Å². The maximum Gasteiger partial charge on any atom is 0.261 e. The molecule has 0 heterocycles. The van der Waals surface area contributed by atoms with Crippen molar-refractivity contribution in [2.75, 3.05) is 13.7 Å². The highest BCUT2D eigenvalue weighted by Gasteiger charge is 2.30. The van der Waals surface area contributed by atoms with Crippen LogP contribution in [0.2, 0.25) is 5.02 Å². The van der Waals surface area contributed by atoms with Gasteiger partial charge in [0, 0.05) is 29.5 Å². The number of halogens is 2. The molecule has 0 saturated heterocycles. The normalized spacial score (nSPS) is 11.6. The first-order valence-corrected chi connectivity index (χ1v) is 12.1. The molecule has 1 atom stereocenters. The van der Waals surface area contributed by atoms with Crippen LogP contribution in [0.25, 0.3) is 0 Å². The molecule has 0 aromatic heterocycles. The van der Waals surface area contributed by atoms with Crippen LogP contribution in [0, 0.1) is 13.8 Å². The van der Waals surface area contributed by atoms with Crippen LogP contribution in [0.3, 0.4) is 0 Å². The molecular weight excluding hydrogens is 516 g/mol. The number of likely N-dealkylation sites (N-methyl/N-ethyl adjacent to an activating group) is 1. The Labute approximate surface area is 214 Å². The van der Waals surface area contributed by atoms with Crippen molar-refractivity contribution in [3.63, 3.8) is 0 Å². The maximum absolute atomic E-state index is 13.5. The second kappa shape index (κ2) is 12.0. The first-order valence-electron chi connectivity index (χ1n) is 11.0. The fraction of sp³-hybridized carbons (Fsp3) is 0.259. The third-order valence-corrected chi connectivity index (χ3v) is 6.62. The third-order valence-electron chi connectivity index (χ3n) is 5.53. The molecule has 0 radical (unpaired) electrons. The van der Waals surface area contributed by atoms with E-state index in [1.807, 2.05) is 80.6 Å². The molecule has 178 valence electrons. The van der Waals surface area contributed by atoms with Crippen LogP contribution in [-0.2, 0) is 22.6 Å². The monoisotopic (exact) mass is 542 g/mol. The van der Waals surface area contributed by atoms with Gasteiger partial charge in [0.05, 0.1) is 0 Å². The van der Waals surface area contributed by atoms with E-state index in [1.54, 1.807) is 11.9 Å². The largest absolute Gasteiger partial charge is 0.484 e. The smallest absolute Gasteiger partial charge is 0.261 e. The summed E-state index contributed by atoms with van der Waals surface area (Å²) in [6, 6.07) is 20.3. The van der Waals surface area contributed by atoms with Gasteiger partial charge in [-0.3, -0.25) is 9.59 Å². The molecule has 1 unspecified atom stereocenters. The highest BCUT2D eigenvalue weighted by atomic mass is 79.9. The summed E-state index contributed by atoms with van der Waals surface area (Å²) in [4.78, 5) is 28.0. The summed E-state index contributed by atoms with van der Waals surface area (Å²) in [5.41, 5.74) is 3.63. The summed E-state index contributed by atoms with van der Waals surface area (Å²) in [6.07, 6.45) is 0.388. The molecule has 3 rings (SSSR count). The van der Waals surface area contributed by atoms with E-state index in [0.29, 0.717) is 17.2 Å². The van der Waals surface area contributed by atoms with E-state index in [9.17, 15) is 9.59 Å². The fourth-order valence-electron chi connectivity index (χ4n) is 3.77. The van der Waals surface area contributed by atoms with Crippen LogP contribution in [0.1, 0.15) is 22.3 Å². The molecule has 0 aliphatic heterocycles. The van der Waals surface area contributed by atoms with Crippen LogP contribution in [0.5, 0.6) is 5.75 Å². The van der Waals surface area contributed by atoms with Gasteiger partial charge in [0.15, 0.2) is 6.61 Å². The molecular formula is C27H28BrClN2O3. The standard InChI is InChI=1S/C27H28BrClN2O3/c1-18-12-23(13-19(2)26(18)29)34-17-25(32)31(16-21-10-7-11-22(28)14-21)24(27(33)30-3)15-20-8-5-4-6-9-20/h4-14,24H,15-17H2,1-3H3,(H,30,33). The van der Waals surface area contributed by atoms with Crippen LogP contribution >= 0.6 is 27.5 Å². The Balaban J connectivity index is 1.89. The molecule has 3 aromatic rings. The second-order valence-electron chi connectivity index (χ2n) is 8.13. The minimum atomic E-state index is -0.698. The van der Waals surface area contributed by atoms with Crippen LogP contribution in [0.15, 0.2) is 71.2 Å². The van der Waals surface area contributed by atoms with E-state index in [4.69, 9.17) is 16.3 Å². The van der Waals surface area contributed by atoms with Gasteiger partial charge in [0.25, 0.3) is 5.91 Å². The Hall–Kier alpha value is -2.83. The maximum atomic E-state index is 13.5. The van der Waals surface area contributed by atoms with Gasteiger partial charge < -0.3 is 15.0 Å². The molecule has 2 amide bonds. The number of carbonyl (C=O) groups excluding carboxylic acids is 2. The van der Waals surface area contributed by atoms with Crippen molar-refractivity contribution in [3.8, 4) is 5.75 Å². The molecule has 5 nitrogen and oxygen atoms in total. The SMILES string of the molecule is CNC(=O)C(Cc1ccccc1)N(Cc1cccc(Br)c1)C(=O)COc1cc(C)c(Cl)c(C)c1. The Bertz CT molecular complexity index is 1130. The Kier molecular flexibility index (Phi) is 9.13. The number of nitrogens with zero attached hydrogens (tertiary/aromatic N) is 1. The van der Waals surface area contributed by atoms with Crippen molar-refractivity contribution in [1.29, 1.82) is 0 Å². The summed E-state index contributed by atoms with van der Waals surface area (Å²) < 4.78 is 6.75. The molecule has 7 heteroatoms. The Morgan fingerprint density at radius 1 is 1.00 bits per heavy atom. The minimum Gasteiger partial charge on any atom is -0.484 e. The Morgan fingerprint density at radius 2 is 1.65 bits per heavy atom. The van der Waals surface area contributed by atoms with Gasteiger partial charge in [-0.25, -0.2) is 0 Å². The van der Waals surface area contributed by atoms with E-state index < -0.39 is 6.04 Å². The molecule has 0 saturated carbocycles. The molecule has 0 fully saturated rings. The predicted octanol–water partition coefficient (Wildman–Crippen LogP) is 5.48. The van der Waals surface area contributed by atoms with Crippen molar-refractivity contribution in [2.24, 2.45) is 0 Å². The number of nitrogens with one attached hydrogen (secondary N) is 1. The van der Waals surface area contributed by atoms with Crippen molar-refractivity contribution < 1.29 is 14.3 Å². The van der Waals surface area contributed by atoms with Gasteiger partial charge in [-0.05, 0) is 60.4 Å². The number of benzene rings is 3. The van der Waals surface area contributed by atoms with E-state index in [0.717, 1.165) is 26.7 Å². The van der Waals surface area contributed by atoms with Crippen LogP contribution < -0.4 is 10.1 Å². The number of hydrogen-bond acceptors (Lipinski definition) is 3. The Morgan fingerprint density at radius 3 is 2.26 bits per heavy atom. The second-order valence-corrected chi connectivity index (χ2v) is 9.42. The van der Waals surface area contributed by atoms with Gasteiger partial charge >= 0.3 is 0 Å². The molecule has 34 heavy (non-hydrogen) atoms. The molecule has 1 N–H and O–H groups in total. The summed E-state index contributed by atoms with van der Waals surface area (Å²) in [5.74, 6) is 0.0508. The van der Waals surface area contributed by atoms with Gasteiger partial charge in [-0.15, -0.1) is 0 Å². The average Bonchev–Trinajstić information content (AvgIpc) is 2.83. The van der Waals surface area contributed by atoms with E-state index >= 15 is 0 Å². The van der Waals surface area contributed by atoms with Gasteiger partial charge in [-0.2, -0.15) is 0 Å². The summed E-state index contributed by atoms with van der Waals surface area (Å²) in [7, 11) is 1.58. The summed E-state index contributed by atoms with van der Waals surface area (Å²) in [5, 5.41) is 3.39. The number of aryl methyl sites for hydroxylation is 2. The number of ether oxygens (including phenoxy) is 1. The van der Waals surface area contributed by atoms with Gasteiger partial charge in [-0.1, -0.05) is 70.0 Å². The lowest BCUT2D eigenvalue weighted by Crippen LogP contribution is -2.51. The number of hydrogen-bond donors (Lipinski definition) is 1. The lowest BCUT2D eigenvalue weighted by Gasteiger charge is -2.31. The topological polar surface area (TPSA) is 58.6 Å². The third kappa shape index (κ3) is 6.84. The number of amides is 2. The van der Waals surface area contributed by atoms with Crippen molar-refractivity contribution in [3.05, 3.63) is 98.5 Å². The first kappa shape index (κ1) is 25.8. The summed E-state index contributed by atoms with van der Waals surface area (Å²) in [6.45, 7) is 3.86. The van der Waals surface area contributed by atoms with Crippen molar-refractivity contribution in [1.82, 2.24) is 10.2 Å². The quantitative estimate of drug-likeness (QED) is 0.389. The number of carbonyl (C=O) groups is 2. The molecule has 3 aromatic carbocycles. The lowest BCUT2D eigenvalue weighted by molar-refractivity contribution is -0.142. The van der Waals surface area contributed by atoms with Crippen LogP contribution in [0.4, 0.5) is 0 Å². The highest BCUT2D eigenvalue weighted by Crippen LogP contribution is 2.26. The van der Waals surface area contributed by atoms with Crippen molar-refractivity contribution >= 4 is 39.3 Å². The predicted molar refractivity (Wildman–Crippen MR) is 139 cm³/mol. The molecule has 0 spiro atoms. The first-order chi connectivity index (χ1) is 16.3. The van der Waals surface area contributed by atoms with Crippen LogP contribution in [-0.4, -0.2) is 36.4 Å². The zero-order chi connectivity index (χ0) is 24.7. The number of rotatable bonds is 9. The van der Waals surface area contributed by atoms with Crippen molar-refractivity contribution in [2.45, 2.75) is 32.9 Å². The zero-order valence-corrected chi connectivity index (χ0v) is 21.8. The molecule has 0 bridgehead atoms. The fourth-order valence-corrected chi connectivity index (χ4v) is 4.33. The summed E-state index contributed by atoms with van der Waals surface area (Å²) >= 11 is 9.74. The minimum absolute atomic E-state index is 0.198. The van der Waals surface area contributed by atoms with E-state index in [2.05, 4.69) is 21.2 Å². The lowest BCUT2D eigenvalue weighted by atomic mass is 10.0. The average molecular weight is 544 g/mol. The molecule has 0 aliphatic carbocycles.